The molecule has 154 valence electrons. The standard InChI is InChI=1S/C21H19F2N5O2/c22-15-8-14(9-16(23)10-15)17-1-2-19-28(17)20(29)21(30-19)3-5-27(6-4-21)18-7-13(11-24)12-25-26-18/h7-10,12,17,19H,1-6H2. The van der Waals surface area contributed by atoms with Crippen molar-refractivity contribution in [3.63, 3.8) is 0 Å². The number of hydrogen-bond acceptors (Lipinski definition) is 6. The summed E-state index contributed by atoms with van der Waals surface area (Å²) in [6.45, 7) is 1.07. The van der Waals surface area contributed by atoms with Gasteiger partial charge in [0.25, 0.3) is 5.91 Å². The van der Waals surface area contributed by atoms with Crippen LogP contribution < -0.4 is 4.90 Å². The van der Waals surface area contributed by atoms with Gasteiger partial charge in [-0.15, -0.1) is 5.10 Å². The quantitative estimate of drug-likeness (QED) is 0.756. The third-order valence-corrected chi connectivity index (χ3v) is 6.25. The maximum Gasteiger partial charge on any atom is 0.257 e. The fourth-order valence-electron chi connectivity index (χ4n) is 4.81. The summed E-state index contributed by atoms with van der Waals surface area (Å²) in [6.07, 6.45) is 3.22. The molecule has 2 aromatic rings. The first kappa shape index (κ1) is 18.9. The highest BCUT2D eigenvalue weighted by atomic mass is 19.1. The first-order chi connectivity index (χ1) is 14.5. The highest BCUT2D eigenvalue weighted by Gasteiger charge is 2.58. The largest absolute Gasteiger partial charge is 0.355 e. The van der Waals surface area contributed by atoms with Crippen LogP contribution in [0.25, 0.3) is 0 Å². The van der Waals surface area contributed by atoms with E-state index in [1.165, 1.54) is 18.3 Å². The van der Waals surface area contributed by atoms with Gasteiger partial charge in [-0.3, -0.25) is 4.79 Å². The molecule has 1 amide bonds. The van der Waals surface area contributed by atoms with Crippen molar-refractivity contribution < 1.29 is 18.3 Å². The highest BCUT2D eigenvalue weighted by Crippen LogP contribution is 2.48. The minimum absolute atomic E-state index is 0.115. The minimum Gasteiger partial charge on any atom is -0.355 e. The lowest BCUT2D eigenvalue weighted by Gasteiger charge is -2.37. The molecule has 4 heterocycles. The SMILES string of the molecule is N#Cc1cnnc(N2CCC3(CC2)OC2CCC(c4cc(F)cc(F)c4)N2C3=O)c1. The summed E-state index contributed by atoms with van der Waals surface area (Å²) in [5.41, 5.74) is -0.0317. The van der Waals surface area contributed by atoms with Gasteiger partial charge in [0.1, 0.15) is 23.9 Å². The van der Waals surface area contributed by atoms with Gasteiger partial charge >= 0.3 is 0 Å². The highest BCUT2D eigenvalue weighted by molar-refractivity contribution is 5.88. The molecule has 7 nitrogen and oxygen atoms in total. The summed E-state index contributed by atoms with van der Waals surface area (Å²) in [5, 5.41) is 17.0. The first-order valence-electron chi connectivity index (χ1n) is 9.93. The normalized spacial score (nSPS) is 24.9. The van der Waals surface area contributed by atoms with Gasteiger partial charge in [-0.1, -0.05) is 0 Å². The van der Waals surface area contributed by atoms with Crippen LogP contribution in [0.3, 0.4) is 0 Å². The minimum atomic E-state index is -0.925. The van der Waals surface area contributed by atoms with Crippen LogP contribution in [0.1, 0.15) is 42.9 Å². The molecule has 3 fully saturated rings. The topological polar surface area (TPSA) is 82.3 Å². The maximum absolute atomic E-state index is 13.7. The van der Waals surface area contributed by atoms with Gasteiger partial charge in [-0.05, 0) is 30.5 Å². The van der Waals surface area contributed by atoms with E-state index in [9.17, 15) is 13.6 Å². The van der Waals surface area contributed by atoms with E-state index in [0.717, 1.165) is 6.07 Å². The number of benzene rings is 1. The number of amides is 1. The van der Waals surface area contributed by atoms with E-state index in [0.29, 0.717) is 55.7 Å². The van der Waals surface area contributed by atoms with Crippen molar-refractivity contribution in [3.05, 3.63) is 53.2 Å². The summed E-state index contributed by atoms with van der Waals surface area (Å²) < 4.78 is 33.7. The third-order valence-electron chi connectivity index (χ3n) is 6.25. The average Bonchev–Trinajstić information content (AvgIpc) is 3.26. The lowest BCUT2D eigenvalue weighted by molar-refractivity contribution is -0.140. The Labute approximate surface area is 171 Å². The van der Waals surface area contributed by atoms with Crippen molar-refractivity contribution in [2.45, 2.75) is 43.6 Å². The van der Waals surface area contributed by atoms with E-state index in [1.54, 1.807) is 11.0 Å². The van der Waals surface area contributed by atoms with Crippen molar-refractivity contribution in [1.29, 1.82) is 5.26 Å². The van der Waals surface area contributed by atoms with E-state index >= 15 is 0 Å². The number of piperidine rings is 1. The van der Waals surface area contributed by atoms with Crippen molar-refractivity contribution in [2.75, 3.05) is 18.0 Å². The first-order valence-corrected chi connectivity index (χ1v) is 9.93. The van der Waals surface area contributed by atoms with Crippen LogP contribution in [0.2, 0.25) is 0 Å². The molecule has 1 aromatic heterocycles. The predicted octanol–water partition coefficient (Wildman–Crippen LogP) is 2.69. The van der Waals surface area contributed by atoms with Crippen LogP contribution in [0.4, 0.5) is 14.6 Å². The number of anilines is 1. The van der Waals surface area contributed by atoms with Crippen LogP contribution in [0, 0.1) is 23.0 Å². The lowest BCUT2D eigenvalue weighted by atomic mass is 9.89. The maximum atomic E-state index is 13.7. The van der Waals surface area contributed by atoms with Crippen molar-refractivity contribution in [2.24, 2.45) is 0 Å². The molecule has 0 aliphatic carbocycles. The van der Waals surface area contributed by atoms with Gasteiger partial charge in [-0.25, -0.2) is 8.78 Å². The monoisotopic (exact) mass is 411 g/mol. The summed E-state index contributed by atoms with van der Waals surface area (Å²) in [5.74, 6) is -0.811. The Bertz CT molecular complexity index is 1030. The number of ether oxygens (including phenoxy) is 1. The van der Waals surface area contributed by atoms with Crippen molar-refractivity contribution in [3.8, 4) is 6.07 Å². The van der Waals surface area contributed by atoms with Gasteiger partial charge in [-0.2, -0.15) is 10.4 Å². The number of rotatable bonds is 2. The van der Waals surface area contributed by atoms with E-state index < -0.39 is 17.2 Å². The molecule has 5 rings (SSSR count). The van der Waals surface area contributed by atoms with Crippen LogP contribution >= 0.6 is 0 Å². The van der Waals surface area contributed by atoms with Gasteiger partial charge in [0.2, 0.25) is 0 Å². The number of aromatic nitrogens is 2. The Hall–Kier alpha value is -3.12. The number of nitriles is 1. The second kappa shape index (κ2) is 6.99. The zero-order valence-corrected chi connectivity index (χ0v) is 16.1. The number of carbonyl (C=O) groups excluding carboxylic acids is 1. The summed E-state index contributed by atoms with van der Waals surface area (Å²) in [6, 6.07) is 6.75. The average molecular weight is 411 g/mol. The molecule has 3 saturated heterocycles. The molecule has 1 aromatic carbocycles. The Kier molecular flexibility index (Phi) is 4.40. The second-order valence-corrected chi connectivity index (χ2v) is 7.98. The van der Waals surface area contributed by atoms with E-state index in [2.05, 4.69) is 10.2 Å². The number of nitrogens with zero attached hydrogens (tertiary/aromatic N) is 5. The zero-order chi connectivity index (χ0) is 20.9. The van der Waals surface area contributed by atoms with Crippen LogP contribution in [0.15, 0.2) is 30.5 Å². The molecule has 3 aliphatic rings. The number of hydrogen-bond donors (Lipinski definition) is 0. The summed E-state index contributed by atoms with van der Waals surface area (Å²) in [4.78, 5) is 17.0. The van der Waals surface area contributed by atoms with Gasteiger partial charge in [0.15, 0.2) is 11.4 Å². The Balaban J connectivity index is 1.34. The second-order valence-electron chi connectivity index (χ2n) is 7.98. The molecule has 30 heavy (non-hydrogen) atoms. The molecule has 1 spiro atoms. The Morgan fingerprint density at radius 1 is 1.13 bits per heavy atom. The molecule has 2 atom stereocenters. The molecule has 0 saturated carbocycles. The van der Waals surface area contributed by atoms with Crippen LogP contribution in [-0.2, 0) is 9.53 Å². The fourth-order valence-corrected chi connectivity index (χ4v) is 4.81. The van der Waals surface area contributed by atoms with E-state index in [-0.39, 0.29) is 18.2 Å². The smallest absolute Gasteiger partial charge is 0.257 e. The Morgan fingerprint density at radius 2 is 1.87 bits per heavy atom. The fraction of sp³-hybridized carbons (Fsp3) is 0.429. The molecule has 3 aliphatic heterocycles. The third kappa shape index (κ3) is 2.99. The van der Waals surface area contributed by atoms with Gasteiger partial charge in [0, 0.05) is 38.1 Å². The van der Waals surface area contributed by atoms with Crippen molar-refractivity contribution >= 4 is 11.7 Å². The summed E-state index contributed by atoms with van der Waals surface area (Å²) >= 11 is 0. The van der Waals surface area contributed by atoms with Gasteiger partial charge in [0.05, 0.1) is 17.8 Å². The van der Waals surface area contributed by atoms with Gasteiger partial charge < -0.3 is 14.5 Å². The zero-order valence-electron chi connectivity index (χ0n) is 16.1. The van der Waals surface area contributed by atoms with Crippen molar-refractivity contribution in [1.82, 2.24) is 15.1 Å². The molecular formula is C21H19F2N5O2. The predicted molar refractivity (Wildman–Crippen MR) is 101 cm³/mol. The van der Waals surface area contributed by atoms with Crippen LogP contribution in [0.5, 0.6) is 0 Å². The number of carbonyl (C=O) groups is 1. The molecule has 0 bridgehead atoms. The summed E-state index contributed by atoms with van der Waals surface area (Å²) in [7, 11) is 0. The number of fused-ring (bicyclic) bond motifs is 1. The van der Waals surface area contributed by atoms with Crippen LogP contribution in [-0.4, -0.2) is 45.9 Å². The van der Waals surface area contributed by atoms with E-state index in [4.69, 9.17) is 10.00 Å². The Morgan fingerprint density at radius 3 is 2.57 bits per heavy atom. The van der Waals surface area contributed by atoms with E-state index in [1.807, 2.05) is 11.0 Å². The number of halogens is 2. The molecule has 2 unspecified atom stereocenters. The molecule has 9 heteroatoms. The molecule has 0 radical (unpaired) electrons. The molecular weight excluding hydrogens is 392 g/mol. The molecule has 0 N–H and O–H groups in total. The lowest BCUT2D eigenvalue weighted by Crippen LogP contribution is -2.50.